The van der Waals surface area contributed by atoms with Gasteiger partial charge in [-0.05, 0) is 49.5 Å². The van der Waals surface area contributed by atoms with Crippen LogP contribution >= 0.6 is 11.3 Å². The molecular formula is C18H24N2O2S. The zero-order valence-corrected chi connectivity index (χ0v) is 14.5. The second-order valence-electron chi connectivity index (χ2n) is 7.61. The van der Waals surface area contributed by atoms with Crippen LogP contribution < -0.4 is 4.90 Å². The average Bonchev–Trinajstić information content (AvgIpc) is 3.14. The number of piperidine rings is 1. The quantitative estimate of drug-likeness (QED) is 0.835. The van der Waals surface area contributed by atoms with Crippen LogP contribution in [0.5, 0.6) is 0 Å². The van der Waals surface area contributed by atoms with Crippen LogP contribution in [-0.2, 0) is 9.59 Å². The molecule has 5 heteroatoms. The summed E-state index contributed by atoms with van der Waals surface area (Å²) >= 11 is 1.63. The Morgan fingerprint density at radius 3 is 2.83 bits per heavy atom. The van der Waals surface area contributed by atoms with Gasteiger partial charge in [-0.15, -0.1) is 0 Å². The molecule has 1 aromatic rings. The molecular weight excluding hydrogens is 308 g/mol. The van der Waals surface area contributed by atoms with E-state index < -0.39 is 0 Å². The highest BCUT2D eigenvalue weighted by Gasteiger charge is 2.50. The average molecular weight is 332 g/mol. The third kappa shape index (κ3) is 2.49. The van der Waals surface area contributed by atoms with Crippen LogP contribution in [0.2, 0.25) is 0 Å². The summed E-state index contributed by atoms with van der Waals surface area (Å²) in [5.74, 6) is 1.42. The monoisotopic (exact) mass is 332 g/mol. The molecule has 0 aromatic carbocycles. The molecule has 1 atom stereocenters. The number of amides is 2. The van der Waals surface area contributed by atoms with Crippen molar-refractivity contribution < 1.29 is 9.59 Å². The first-order valence-corrected chi connectivity index (χ1v) is 9.66. The molecule has 2 saturated heterocycles. The number of likely N-dealkylation sites (tertiary alicyclic amines) is 1. The number of carbonyl (C=O) groups is 2. The first kappa shape index (κ1) is 15.2. The summed E-state index contributed by atoms with van der Waals surface area (Å²) < 4.78 is 0. The standard InChI is InChI=1S/C18H24N2O2S/c1-13-9-14(10-13)16(21)19-6-2-4-18(12-19)5-7-20(17(18)22)15-3-8-23-11-15/h3,8,11,13-14H,2,4-7,9-10,12H2,1H3. The summed E-state index contributed by atoms with van der Waals surface area (Å²) in [4.78, 5) is 29.7. The van der Waals surface area contributed by atoms with Crippen molar-refractivity contribution in [1.82, 2.24) is 4.90 Å². The highest BCUT2D eigenvalue weighted by Crippen LogP contribution is 2.43. The Hall–Kier alpha value is -1.36. The third-order valence-electron chi connectivity index (χ3n) is 5.94. The molecule has 3 aliphatic rings. The van der Waals surface area contributed by atoms with Gasteiger partial charge in [-0.25, -0.2) is 0 Å². The van der Waals surface area contributed by atoms with Gasteiger partial charge in [-0.1, -0.05) is 6.92 Å². The van der Waals surface area contributed by atoms with E-state index in [2.05, 4.69) is 6.92 Å². The lowest BCUT2D eigenvalue weighted by Gasteiger charge is -2.42. The van der Waals surface area contributed by atoms with E-state index >= 15 is 0 Å². The molecule has 3 fully saturated rings. The lowest BCUT2D eigenvalue weighted by atomic mass is 9.73. The van der Waals surface area contributed by atoms with Gasteiger partial charge in [0.2, 0.25) is 11.8 Å². The number of nitrogens with zero attached hydrogens (tertiary/aromatic N) is 2. The van der Waals surface area contributed by atoms with Gasteiger partial charge in [0, 0.05) is 30.9 Å². The Morgan fingerprint density at radius 1 is 1.30 bits per heavy atom. The Balaban J connectivity index is 1.48. The van der Waals surface area contributed by atoms with E-state index in [1.54, 1.807) is 11.3 Å². The maximum Gasteiger partial charge on any atom is 0.235 e. The minimum Gasteiger partial charge on any atom is -0.341 e. The normalized spacial score (nSPS) is 34.0. The Morgan fingerprint density at radius 2 is 2.13 bits per heavy atom. The van der Waals surface area contributed by atoms with Crippen molar-refractivity contribution in [3.05, 3.63) is 16.8 Å². The van der Waals surface area contributed by atoms with Gasteiger partial charge in [0.05, 0.1) is 11.1 Å². The predicted octanol–water partition coefficient (Wildman–Crippen LogP) is 3.14. The molecule has 124 valence electrons. The van der Waals surface area contributed by atoms with E-state index in [4.69, 9.17) is 0 Å². The highest BCUT2D eigenvalue weighted by molar-refractivity contribution is 7.08. The van der Waals surface area contributed by atoms with Gasteiger partial charge in [0.25, 0.3) is 0 Å². The molecule has 3 heterocycles. The number of rotatable bonds is 2. The highest BCUT2D eigenvalue weighted by atomic mass is 32.1. The number of thiophene rings is 1. The molecule has 0 N–H and O–H groups in total. The van der Waals surface area contributed by atoms with Crippen LogP contribution in [0.25, 0.3) is 0 Å². The minimum absolute atomic E-state index is 0.213. The molecule has 1 aliphatic carbocycles. The zero-order chi connectivity index (χ0) is 16.0. The van der Waals surface area contributed by atoms with E-state index in [9.17, 15) is 9.59 Å². The van der Waals surface area contributed by atoms with Crippen LogP contribution in [0.15, 0.2) is 16.8 Å². The molecule has 1 aromatic heterocycles. The maximum absolute atomic E-state index is 13.0. The Kier molecular flexibility index (Phi) is 3.71. The lowest BCUT2D eigenvalue weighted by molar-refractivity contribution is -0.145. The second kappa shape index (κ2) is 5.62. The number of hydrogen-bond acceptors (Lipinski definition) is 3. The summed E-state index contributed by atoms with van der Waals surface area (Å²) in [7, 11) is 0. The fraction of sp³-hybridized carbons (Fsp3) is 0.667. The van der Waals surface area contributed by atoms with Crippen molar-refractivity contribution in [3.8, 4) is 0 Å². The fourth-order valence-corrected chi connectivity index (χ4v) is 5.18. The summed E-state index contributed by atoms with van der Waals surface area (Å²) in [6, 6.07) is 2.02. The van der Waals surface area contributed by atoms with Crippen molar-refractivity contribution in [2.45, 2.75) is 39.0 Å². The van der Waals surface area contributed by atoms with Gasteiger partial charge in [0.1, 0.15) is 0 Å². The number of carbonyl (C=O) groups excluding carboxylic acids is 2. The van der Waals surface area contributed by atoms with Crippen LogP contribution in [0.1, 0.15) is 39.0 Å². The van der Waals surface area contributed by atoms with Crippen LogP contribution in [0.3, 0.4) is 0 Å². The molecule has 4 rings (SSSR count). The Bertz CT molecular complexity index is 609. The SMILES string of the molecule is CC1CC(C(=O)N2CCCC3(CCN(c4ccsc4)C3=O)C2)C1. The molecule has 2 aliphatic heterocycles. The van der Waals surface area contributed by atoms with E-state index in [0.29, 0.717) is 18.4 Å². The number of anilines is 1. The zero-order valence-electron chi connectivity index (χ0n) is 13.7. The molecule has 4 nitrogen and oxygen atoms in total. The largest absolute Gasteiger partial charge is 0.341 e. The van der Waals surface area contributed by atoms with Gasteiger partial charge in [0.15, 0.2) is 0 Å². The number of hydrogen-bond donors (Lipinski definition) is 0. The van der Waals surface area contributed by atoms with Crippen molar-refractivity contribution >= 4 is 28.8 Å². The van der Waals surface area contributed by atoms with Gasteiger partial charge in [-0.2, -0.15) is 11.3 Å². The van der Waals surface area contributed by atoms with E-state index in [-0.39, 0.29) is 17.2 Å². The summed E-state index contributed by atoms with van der Waals surface area (Å²) in [5.41, 5.74) is 0.693. The van der Waals surface area contributed by atoms with Crippen LogP contribution in [0, 0.1) is 17.3 Å². The smallest absolute Gasteiger partial charge is 0.235 e. The summed E-state index contributed by atoms with van der Waals surface area (Å²) in [6.45, 7) is 4.46. The molecule has 2 amide bonds. The van der Waals surface area contributed by atoms with Crippen molar-refractivity contribution in [2.75, 3.05) is 24.5 Å². The maximum atomic E-state index is 13.0. The first-order chi connectivity index (χ1) is 11.1. The molecule has 1 unspecified atom stereocenters. The third-order valence-corrected chi connectivity index (χ3v) is 6.61. The van der Waals surface area contributed by atoms with Gasteiger partial charge < -0.3 is 9.80 Å². The molecule has 1 spiro atoms. The van der Waals surface area contributed by atoms with E-state index in [1.165, 1.54) is 0 Å². The molecule has 0 bridgehead atoms. The van der Waals surface area contributed by atoms with Crippen molar-refractivity contribution in [1.29, 1.82) is 0 Å². The molecule has 0 radical (unpaired) electrons. The minimum atomic E-state index is -0.328. The second-order valence-corrected chi connectivity index (χ2v) is 8.39. The predicted molar refractivity (Wildman–Crippen MR) is 91.4 cm³/mol. The molecule has 1 saturated carbocycles. The van der Waals surface area contributed by atoms with Crippen molar-refractivity contribution in [2.24, 2.45) is 17.3 Å². The molecule has 23 heavy (non-hydrogen) atoms. The van der Waals surface area contributed by atoms with Crippen LogP contribution in [0.4, 0.5) is 5.69 Å². The fourth-order valence-electron chi connectivity index (χ4n) is 4.54. The van der Waals surface area contributed by atoms with E-state index in [0.717, 1.165) is 50.9 Å². The van der Waals surface area contributed by atoms with Gasteiger partial charge >= 0.3 is 0 Å². The first-order valence-electron chi connectivity index (χ1n) is 8.72. The van der Waals surface area contributed by atoms with Crippen LogP contribution in [-0.4, -0.2) is 36.3 Å². The van der Waals surface area contributed by atoms with Crippen molar-refractivity contribution in [3.63, 3.8) is 0 Å². The van der Waals surface area contributed by atoms with Gasteiger partial charge in [-0.3, -0.25) is 9.59 Å². The topological polar surface area (TPSA) is 40.6 Å². The summed E-state index contributed by atoms with van der Waals surface area (Å²) in [6.07, 6.45) is 4.82. The summed E-state index contributed by atoms with van der Waals surface area (Å²) in [5, 5.41) is 4.06. The lowest BCUT2D eigenvalue weighted by Crippen LogP contribution is -2.52. The van der Waals surface area contributed by atoms with E-state index in [1.807, 2.05) is 26.6 Å². The Labute approximate surface area is 141 Å².